The second-order valence-electron chi connectivity index (χ2n) is 4.96. The summed E-state index contributed by atoms with van der Waals surface area (Å²) in [6, 6.07) is 15.5. The van der Waals surface area contributed by atoms with Gasteiger partial charge in [-0.1, -0.05) is 48.0 Å². The molecule has 0 atom stereocenters. The summed E-state index contributed by atoms with van der Waals surface area (Å²) in [6.07, 6.45) is 1.02. The van der Waals surface area contributed by atoms with Crippen molar-refractivity contribution in [2.45, 2.75) is 26.8 Å². The van der Waals surface area contributed by atoms with E-state index in [2.05, 4.69) is 61.6 Å². The van der Waals surface area contributed by atoms with E-state index < -0.39 is 0 Å². The van der Waals surface area contributed by atoms with Gasteiger partial charge in [-0.15, -0.1) is 0 Å². The summed E-state index contributed by atoms with van der Waals surface area (Å²) < 4.78 is 0. The Kier molecular flexibility index (Phi) is 4.16. The molecule has 0 bridgehead atoms. The first-order valence-corrected chi connectivity index (χ1v) is 6.47. The summed E-state index contributed by atoms with van der Waals surface area (Å²) in [4.78, 5) is 0. The van der Waals surface area contributed by atoms with E-state index in [4.69, 9.17) is 0 Å². The zero-order valence-corrected chi connectivity index (χ0v) is 11.5. The summed E-state index contributed by atoms with van der Waals surface area (Å²) >= 11 is 0. The molecule has 0 amide bonds. The van der Waals surface area contributed by atoms with E-state index in [-0.39, 0.29) is 0 Å². The van der Waals surface area contributed by atoms with Crippen LogP contribution >= 0.6 is 0 Å². The minimum Gasteiger partial charge on any atom is -0.316 e. The molecule has 0 aliphatic carbocycles. The van der Waals surface area contributed by atoms with Crippen LogP contribution in [0.25, 0.3) is 0 Å². The van der Waals surface area contributed by atoms with Crippen molar-refractivity contribution >= 4 is 0 Å². The predicted molar refractivity (Wildman–Crippen MR) is 77.9 cm³/mol. The molecule has 0 aliphatic heterocycles. The van der Waals surface area contributed by atoms with Gasteiger partial charge in [0.15, 0.2) is 0 Å². The molecule has 2 rings (SSSR count). The van der Waals surface area contributed by atoms with Crippen molar-refractivity contribution in [1.29, 1.82) is 0 Å². The zero-order chi connectivity index (χ0) is 13.0. The van der Waals surface area contributed by atoms with Crippen molar-refractivity contribution in [1.82, 2.24) is 5.32 Å². The molecule has 0 fully saturated rings. The lowest BCUT2D eigenvalue weighted by Gasteiger charge is -2.09. The predicted octanol–water partition coefficient (Wildman–Crippen LogP) is 3.61. The average Bonchev–Trinajstić information content (AvgIpc) is 2.35. The van der Waals surface area contributed by atoms with Gasteiger partial charge in [-0.3, -0.25) is 0 Å². The average molecular weight is 239 g/mol. The first kappa shape index (κ1) is 12.8. The standard InChI is InChI=1S/C17H21N/c1-13-7-8-14(2)17(9-13)11-15-5-4-6-16(10-15)12-18-3/h4-10,18H,11-12H2,1-3H3. The van der Waals surface area contributed by atoms with Crippen LogP contribution < -0.4 is 5.32 Å². The van der Waals surface area contributed by atoms with Gasteiger partial charge < -0.3 is 5.32 Å². The highest BCUT2D eigenvalue weighted by molar-refractivity contribution is 5.36. The topological polar surface area (TPSA) is 12.0 Å². The van der Waals surface area contributed by atoms with E-state index in [1.807, 2.05) is 7.05 Å². The van der Waals surface area contributed by atoms with Crippen molar-refractivity contribution in [3.63, 3.8) is 0 Å². The smallest absolute Gasteiger partial charge is 0.0202 e. The highest BCUT2D eigenvalue weighted by Gasteiger charge is 2.01. The van der Waals surface area contributed by atoms with E-state index >= 15 is 0 Å². The quantitative estimate of drug-likeness (QED) is 0.859. The summed E-state index contributed by atoms with van der Waals surface area (Å²) in [5.74, 6) is 0. The Hall–Kier alpha value is -1.60. The fourth-order valence-electron chi connectivity index (χ4n) is 2.26. The first-order chi connectivity index (χ1) is 8.69. The summed E-state index contributed by atoms with van der Waals surface area (Å²) in [7, 11) is 1.98. The van der Waals surface area contributed by atoms with Gasteiger partial charge in [0.2, 0.25) is 0 Å². The molecule has 0 saturated carbocycles. The maximum Gasteiger partial charge on any atom is 0.0202 e. The number of aryl methyl sites for hydroxylation is 2. The van der Waals surface area contributed by atoms with Crippen molar-refractivity contribution in [2.24, 2.45) is 0 Å². The van der Waals surface area contributed by atoms with Gasteiger partial charge in [0, 0.05) is 6.54 Å². The van der Waals surface area contributed by atoms with Crippen LogP contribution in [-0.4, -0.2) is 7.05 Å². The molecule has 94 valence electrons. The SMILES string of the molecule is CNCc1cccc(Cc2cc(C)ccc2C)c1. The molecular formula is C17H21N. The van der Waals surface area contributed by atoms with Crippen LogP contribution in [0.15, 0.2) is 42.5 Å². The van der Waals surface area contributed by atoms with E-state index in [1.54, 1.807) is 0 Å². The molecule has 1 nitrogen and oxygen atoms in total. The van der Waals surface area contributed by atoms with E-state index in [1.165, 1.54) is 27.8 Å². The minimum absolute atomic E-state index is 0.931. The summed E-state index contributed by atoms with van der Waals surface area (Å²) in [5.41, 5.74) is 6.87. The van der Waals surface area contributed by atoms with Crippen LogP contribution in [0, 0.1) is 13.8 Å². The number of benzene rings is 2. The molecule has 2 aromatic rings. The highest BCUT2D eigenvalue weighted by Crippen LogP contribution is 2.16. The lowest BCUT2D eigenvalue weighted by Crippen LogP contribution is -2.05. The van der Waals surface area contributed by atoms with E-state index in [0.29, 0.717) is 0 Å². The maximum absolute atomic E-state index is 3.20. The Morgan fingerprint density at radius 2 is 1.72 bits per heavy atom. The van der Waals surface area contributed by atoms with Crippen molar-refractivity contribution < 1.29 is 0 Å². The summed E-state index contributed by atoms with van der Waals surface area (Å²) in [6.45, 7) is 5.27. The fourth-order valence-corrected chi connectivity index (χ4v) is 2.26. The second kappa shape index (κ2) is 5.83. The van der Waals surface area contributed by atoms with Crippen molar-refractivity contribution in [2.75, 3.05) is 7.05 Å². The minimum atomic E-state index is 0.931. The third-order valence-corrected chi connectivity index (χ3v) is 3.27. The number of rotatable bonds is 4. The van der Waals surface area contributed by atoms with Gasteiger partial charge in [0.1, 0.15) is 0 Å². The Labute approximate surface area is 110 Å². The van der Waals surface area contributed by atoms with Gasteiger partial charge >= 0.3 is 0 Å². The summed E-state index contributed by atoms with van der Waals surface area (Å²) in [5, 5.41) is 3.20. The monoisotopic (exact) mass is 239 g/mol. The van der Waals surface area contributed by atoms with Crippen LogP contribution in [0.4, 0.5) is 0 Å². The van der Waals surface area contributed by atoms with Gasteiger partial charge in [0.05, 0.1) is 0 Å². The molecule has 2 aromatic carbocycles. The lowest BCUT2D eigenvalue weighted by molar-refractivity contribution is 0.816. The van der Waals surface area contributed by atoms with Crippen LogP contribution in [0.1, 0.15) is 27.8 Å². The molecule has 0 aliphatic rings. The van der Waals surface area contributed by atoms with Crippen LogP contribution in [-0.2, 0) is 13.0 Å². The fraction of sp³-hybridized carbons (Fsp3) is 0.294. The third-order valence-electron chi connectivity index (χ3n) is 3.27. The van der Waals surface area contributed by atoms with Crippen LogP contribution in [0.2, 0.25) is 0 Å². The lowest BCUT2D eigenvalue weighted by atomic mass is 9.97. The first-order valence-electron chi connectivity index (χ1n) is 6.47. The van der Waals surface area contributed by atoms with Crippen LogP contribution in [0.3, 0.4) is 0 Å². The zero-order valence-electron chi connectivity index (χ0n) is 11.5. The molecular weight excluding hydrogens is 218 g/mol. The number of hydrogen-bond donors (Lipinski definition) is 1. The molecule has 18 heavy (non-hydrogen) atoms. The Balaban J connectivity index is 2.22. The molecule has 0 aromatic heterocycles. The molecule has 0 heterocycles. The normalized spacial score (nSPS) is 10.6. The molecule has 0 spiro atoms. The van der Waals surface area contributed by atoms with Crippen molar-refractivity contribution in [3.8, 4) is 0 Å². The van der Waals surface area contributed by atoms with Gasteiger partial charge in [0.25, 0.3) is 0 Å². The molecule has 0 saturated heterocycles. The second-order valence-corrected chi connectivity index (χ2v) is 4.96. The Morgan fingerprint density at radius 3 is 2.50 bits per heavy atom. The number of nitrogens with one attached hydrogen (secondary N) is 1. The number of hydrogen-bond acceptors (Lipinski definition) is 1. The maximum atomic E-state index is 3.20. The van der Waals surface area contributed by atoms with Gasteiger partial charge in [-0.25, -0.2) is 0 Å². The third kappa shape index (κ3) is 3.21. The van der Waals surface area contributed by atoms with Gasteiger partial charge in [-0.05, 0) is 49.6 Å². The molecule has 0 unspecified atom stereocenters. The Morgan fingerprint density at radius 1 is 0.944 bits per heavy atom. The molecule has 1 heteroatoms. The van der Waals surface area contributed by atoms with Gasteiger partial charge in [-0.2, -0.15) is 0 Å². The van der Waals surface area contributed by atoms with E-state index in [9.17, 15) is 0 Å². The highest BCUT2D eigenvalue weighted by atomic mass is 14.8. The van der Waals surface area contributed by atoms with Crippen LogP contribution in [0.5, 0.6) is 0 Å². The molecule has 0 radical (unpaired) electrons. The van der Waals surface area contributed by atoms with Crippen molar-refractivity contribution in [3.05, 3.63) is 70.3 Å². The van der Waals surface area contributed by atoms with E-state index in [0.717, 1.165) is 13.0 Å². The largest absolute Gasteiger partial charge is 0.316 e. The Bertz CT molecular complexity index is 529. The molecule has 1 N–H and O–H groups in total.